The summed E-state index contributed by atoms with van der Waals surface area (Å²) in [4.78, 5) is 2.57. The Morgan fingerprint density at radius 2 is 2.09 bits per heavy atom. The van der Waals surface area contributed by atoms with Crippen LogP contribution in [0.3, 0.4) is 0 Å². The van der Waals surface area contributed by atoms with Gasteiger partial charge in [0.2, 0.25) is 0 Å². The van der Waals surface area contributed by atoms with Gasteiger partial charge in [-0.25, -0.2) is 0 Å². The van der Waals surface area contributed by atoms with Gasteiger partial charge in [0.1, 0.15) is 0 Å². The number of hydrogen-bond acceptors (Lipinski definition) is 3. The first-order valence-corrected chi connectivity index (χ1v) is 8.28. The maximum atomic E-state index is 4.32. The molecule has 1 aliphatic heterocycles. The molecule has 1 aliphatic rings. The monoisotopic (exact) mass is 298 g/mol. The lowest BCUT2D eigenvalue weighted by Gasteiger charge is -2.16. The molecule has 1 aromatic heterocycles. The van der Waals surface area contributed by atoms with E-state index < -0.39 is 0 Å². The number of benzene rings is 1. The summed E-state index contributed by atoms with van der Waals surface area (Å²) in [5.41, 5.74) is 2.67. The first-order valence-electron chi connectivity index (χ1n) is 8.28. The Morgan fingerprint density at radius 1 is 1.23 bits per heavy atom. The highest BCUT2D eigenvalue weighted by atomic mass is 15.3. The van der Waals surface area contributed by atoms with Gasteiger partial charge in [-0.3, -0.25) is 4.68 Å². The molecule has 0 aliphatic carbocycles. The van der Waals surface area contributed by atoms with E-state index in [1.165, 1.54) is 37.2 Å². The molecular weight excluding hydrogens is 272 g/mol. The van der Waals surface area contributed by atoms with E-state index in [1.54, 1.807) is 0 Å². The van der Waals surface area contributed by atoms with Crippen LogP contribution < -0.4 is 5.32 Å². The highest BCUT2D eigenvalue weighted by Gasteiger charge is 2.21. The number of nitrogens with one attached hydrogen (secondary N) is 1. The summed E-state index contributed by atoms with van der Waals surface area (Å²) in [6, 6.07) is 11.4. The van der Waals surface area contributed by atoms with Crippen LogP contribution in [0.1, 0.15) is 17.5 Å². The summed E-state index contributed by atoms with van der Waals surface area (Å²) >= 11 is 0. The minimum absolute atomic E-state index is 0.632. The van der Waals surface area contributed by atoms with Crippen LogP contribution in [0.4, 0.5) is 0 Å². The molecule has 1 fully saturated rings. The number of aryl methyl sites for hydroxylation is 1. The topological polar surface area (TPSA) is 33.1 Å². The molecule has 118 valence electrons. The third-order valence-electron chi connectivity index (χ3n) is 4.37. The van der Waals surface area contributed by atoms with Gasteiger partial charge in [0, 0.05) is 31.9 Å². The highest BCUT2D eigenvalue weighted by molar-refractivity contribution is 5.14. The summed E-state index contributed by atoms with van der Waals surface area (Å²) in [6.45, 7) is 7.59. The molecular formula is C18H26N4. The minimum Gasteiger partial charge on any atom is -0.311 e. The van der Waals surface area contributed by atoms with Gasteiger partial charge >= 0.3 is 0 Å². The summed E-state index contributed by atoms with van der Waals surface area (Å²) in [7, 11) is 0. The van der Waals surface area contributed by atoms with Crippen molar-refractivity contribution in [3.05, 3.63) is 53.9 Å². The summed E-state index contributed by atoms with van der Waals surface area (Å²) in [5, 5.41) is 7.99. The quantitative estimate of drug-likeness (QED) is 0.850. The molecule has 1 saturated heterocycles. The van der Waals surface area contributed by atoms with E-state index in [1.807, 2.05) is 10.9 Å². The van der Waals surface area contributed by atoms with Gasteiger partial charge in [0.25, 0.3) is 0 Å². The van der Waals surface area contributed by atoms with E-state index in [-0.39, 0.29) is 0 Å². The van der Waals surface area contributed by atoms with Crippen molar-refractivity contribution >= 4 is 0 Å². The lowest BCUT2D eigenvalue weighted by molar-refractivity contribution is 0.330. The zero-order chi connectivity index (χ0) is 15.2. The van der Waals surface area contributed by atoms with Gasteiger partial charge in [-0.15, -0.1) is 0 Å². The normalized spacial score (nSPS) is 18.9. The van der Waals surface area contributed by atoms with Crippen molar-refractivity contribution in [2.45, 2.75) is 32.4 Å². The fraction of sp³-hybridized carbons (Fsp3) is 0.500. The smallest absolute Gasteiger partial charge is 0.0534 e. The fourth-order valence-corrected chi connectivity index (χ4v) is 3.11. The molecule has 2 heterocycles. The van der Waals surface area contributed by atoms with Crippen LogP contribution in [0.2, 0.25) is 0 Å². The second-order valence-corrected chi connectivity index (χ2v) is 6.26. The molecule has 22 heavy (non-hydrogen) atoms. The molecule has 4 nitrogen and oxygen atoms in total. The van der Waals surface area contributed by atoms with E-state index in [2.05, 4.69) is 58.8 Å². The molecule has 0 radical (unpaired) electrons. The summed E-state index contributed by atoms with van der Waals surface area (Å²) in [6.07, 6.45) is 6.43. The van der Waals surface area contributed by atoms with E-state index in [0.717, 1.165) is 19.5 Å². The average Bonchev–Trinajstić information content (AvgIpc) is 3.16. The van der Waals surface area contributed by atoms with Gasteiger partial charge in [-0.1, -0.05) is 30.3 Å². The van der Waals surface area contributed by atoms with Gasteiger partial charge in [-0.05, 0) is 37.4 Å². The maximum absolute atomic E-state index is 4.32. The molecule has 2 aromatic rings. The van der Waals surface area contributed by atoms with E-state index in [4.69, 9.17) is 0 Å². The van der Waals surface area contributed by atoms with Crippen LogP contribution in [0.25, 0.3) is 0 Å². The molecule has 0 spiro atoms. The molecule has 0 unspecified atom stereocenters. The van der Waals surface area contributed by atoms with Crippen molar-refractivity contribution < 1.29 is 0 Å². The van der Waals surface area contributed by atoms with Crippen LogP contribution in [-0.4, -0.2) is 46.9 Å². The molecule has 0 saturated carbocycles. The van der Waals surface area contributed by atoms with E-state index >= 15 is 0 Å². The second-order valence-electron chi connectivity index (χ2n) is 6.26. The standard InChI is InChI=1S/C18H26N4/c1-16-13-20-22(14-16)12-9-19-18-8-11-21(15-18)10-7-17-5-3-2-4-6-17/h2-6,13-14,18-19H,7-12,15H2,1H3/t18-/m1/s1. The Hall–Kier alpha value is -1.65. The van der Waals surface area contributed by atoms with Crippen LogP contribution in [0, 0.1) is 6.92 Å². The van der Waals surface area contributed by atoms with E-state index in [9.17, 15) is 0 Å². The third kappa shape index (κ3) is 4.42. The van der Waals surface area contributed by atoms with Crippen molar-refractivity contribution in [1.29, 1.82) is 0 Å². The molecule has 1 N–H and O–H groups in total. The minimum atomic E-state index is 0.632. The van der Waals surface area contributed by atoms with Gasteiger partial charge in [0.15, 0.2) is 0 Å². The average molecular weight is 298 g/mol. The van der Waals surface area contributed by atoms with E-state index in [0.29, 0.717) is 6.04 Å². The Morgan fingerprint density at radius 3 is 2.86 bits per heavy atom. The number of nitrogens with zero attached hydrogens (tertiary/aromatic N) is 3. The predicted molar refractivity (Wildman–Crippen MR) is 90.0 cm³/mol. The van der Waals surface area contributed by atoms with Crippen LogP contribution >= 0.6 is 0 Å². The largest absolute Gasteiger partial charge is 0.311 e. The third-order valence-corrected chi connectivity index (χ3v) is 4.37. The first-order chi connectivity index (χ1) is 10.8. The van der Waals surface area contributed by atoms with Crippen LogP contribution in [0.15, 0.2) is 42.7 Å². The molecule has 3 rings (SSSR count). The van der Waals surface area contributed by atoms with Gasteiger partial charge < -0.3 is 10.2 Å². The zero-order valence-electron chi connectivity index (χ0n) is 13.4. The lowest BCUT2D eigenvalue weighted by atomic mass is 10.1. The number of likely N-dealkylation sites (tertiary alicyclic amines) is 1. The Kier molecular flexibility index (Phi) is 5.24. The number of hydrogen-bond donors (Lipinski definition) is 1. The van der Waals surface area contributed by atoms with Crippen LogP contribution in [-0.2, 0) is 13.0 Å². The first kappa shape index (κ1) is 15.3. The Bertz CT molecular complexity index is 563. The molecule has 0 amide bonds. The fourth-order valence-electron chi connectivity index (χ4n) is 3.11. The number of aromatic nitrogens is 2. The van der Waals surface area contributed by atoms with Crippen LogP contribution in [0.5, 0.6) is 0 Å². The van der Waals surface area contributed by atoms with Crippen molar-refractivity contribution in [1.82, 2.24) is 20.0 Å². The van der Waals surface area contributed by atoms with Crippen molar-refractivity contribution in [2.24, 2.45) is 0 Å². The molecule has 0 bridgehead atoms. The highest BCUT2D eigenvalue weighted by Crippen LogP contribution is 2.10. The SMILES string of the molecule is Cc1cnn(CCN[C@@H]2CCN(CCc3ccccc3)C2)c1. The predicted octanol–water partition coefficient (Wildman–Crippen LogP) is 2.10. The van der Waals surface area contributed by atoms with Crippen molar-refractivity contribution in [3.8, 4) is 0 Å². The van der Waals surface area contributed by atoms with Crippen molar-refractivity contribution in [2.75, 3.05) is 26.2 Å². The maximum Gasteiger partial charge on any atom is 0.0534 e. The molecule has 1 aromatic carbocycles. The van der Waals surface area contributed by atoms with Gasteiger partial charge in [-0.2, -0.15) is 5.10 Å². The van der Waals surface area contributed by atoms with Gasteiger partial charge in [0.05, 0.1) is 12.7 Å². The number of rotatable bonds is 7. The summed E-state index contributed by atoms with van der Waals surface area (Å²) in [5.74, 6) is 0. The van der Waals surface area contributed by atoms with Crippen molar-refractivity contribution in [3.63, 3.8) is 0 Å². The summed E-state index contributed by atoms with van der Waals surface area (Å²) < 4.78 is 2.02. The zero-order valence-corrected chi connectivity index (χ0v) is 13.4. The Balaban J connectivity index is 1.34. The second kappa shape index (κ2) is 7.56. The lowest BCUT2D eigenvalue weighted by Crippen LogP contribution is -2.35. The molecule has 1 atom stereocenters. The molecule has 4 heteroatoms. The Labute approximate surface area is 133 Å².